The van der Waals surface area contributed by atoms with Crippen molar-refractivity contribution < 1.29 is 0 Å². The van der Waals surface area contributed by atoms with Crippen LogP contribution in [0.25, 0.3) is 15.9 Å². The van der Waals surface area contributed by atoms with Gasteiger partial charge in [0.15, 0.2) is 0 Å². The summed E-state index contributed by atoms with van der Waals surface area (Å²) in [5.74, 6) is 0.424. The smallest absolute Gasteiger partial charge is 0.268 e. The Kier molecular flexibility index (Phi) is 5.27. The van der Waals surface area contributed by atoms with Crippen LogP contribution < -0.4 is 15.9 Å². The minimum atomic E-state index is -0.0358. The summed E-state index contributed by atoms with van der Waals surface area (Å²) in [6.45, 7) is 2.03. The lowest BCUT2D eigenvalue weighted by Gasteiger charge is -2.13. The fourth-order valence-corrected chi connectivity index (χ4v) is 5.33. The van der Waals surface area contributed by atoms with Crippen LogP contribution in [-0.2, 0) is 12.8 Å². The Labute approximate surface area is 190 Å². The van der Waals surface area contributed by atoms with Gasteiger partial charge < -0.3 is 4.90 Å². The van der Waals surface area contributed by atoms with Crippen molar-refractivity contribution in [2.75, 3.05) is 24.4 Å². The maximum Gasteiger partial charge on any atom is 0.268 e. The number of thiophene rings is 1. The van der Waals surface area contributed by atoms with Gasteiger partial charge in [-0.3, -0.25) is 4.79 Å². The van der Waals surface area contributed by atoms with Crippen LogP contribution >= 0.6 is 11.3 Å². The highest BCUT2D eigenvalue weighted by Crippen LogP contribution is 2.35. The van der Waals surface area contributed by atoms with Crippen molar-refractivity contribution in [1.29, 1.82) is 0 Å². The molecule has 0 spiro atoms. The van der Waals surface area contributed by atoms with E-state index in [2.05, 4.69) is 15.4 Å². The molecule has 0 fully saturated rings. The van der Waals surface area contributed by atoms with E-state index in [1.165, 1.54) is 10.4 Å². The van der Waals surface area contributed by atoms with Crippen LogP contribution in [0.15, 0.2) is 58.4 Å². The van der Waals surface area contributed by atoms with Crippen molar-refractivity contribution in [2.45, 2.75) is 26.2 Å². The number of anilines is 2. The van der Waals surface area contributed by atoms with Gasteiger partial charge in [0, 0.05) is 24.7 Å². The topological polar surface area (TPSA) is 62.5 Å². The predicted octanol–water partition coefficient (Wildman–Crippen LogP) is 4.76. The number of hydrogen-bond donors (Lipinski definition) is 1. The van der Waals surface area contributed by atoms with Gasteiger partial charge in [-0.2, -0.15) is 5.10 Å². The van der Waals surface area contributed by atoms with Crippen LogP contribution in [0.4, 0.5) is 11.6 Å². The minimum Gasteiger partial charge on any atom is -0.378 e. The molecule has 32 heavy (non-hydrogen) atoms. The first-order valence-corrected chi connectivity index (χ1v) is 11.5. The molecule has 2 aromatic carbocycles. The van der Waals surface area contributed by atoms with Gasteiger partial charge in [-0.25, -0.2) is 15.0 Å². The molecule has 5 rings (SSSR count). The molecule has 2 aromatic heterocycles. The number of benzene rings is 2. The van der Waals surface area contributed by atoms with Gasteiger partial charge in [0.25, 0.3) is 5.56 Å². The lowest BCUT2D eigenvalue weighted by atomic mass is 10.2. The van der Waals surface area contributed by atoms with Crippen LogP contribution in [0.1, 0.15) is 28.0 Å². The molecular formula is C25H25N5OS. The summed E-state index contributed by atoms with van der Waals surface area (Å²) in [6.07, 6.45) is 4.83. The van der Waals surface area contributed by atoms with E-state index < -0.39 is 0 Å². The summed E-state index contributed by atoms with van der Waals surface area (Å²) in [5, 5.41) is 5.16. The summed E-state index contributed by atoms with van der Waals surface area (Å²) in [7, 11) is 4.02. The molecule has 0 atom stereocenters. The van der Waals surface area contributed by atoms with Gasteiger partial charge in [0.1, 0.15) is 4.83 Å². The average Bonchev–Trinajstić information content (AvgIpc) is 3.36. The van der Waals surface area contributed by atoms with Gasteiger partial charge in [0.05, 0.1) is 17.3 Å². The molecule has 0 unspecified atom stereocenters. The van der Waals surface area contributed by atoms with Crippen LogP contribution in [0.3, 0.4) is 0 Å². The first-order valence-electron chi connectivity index (χ1n) is 10.7. The lowest BCUT2D eigenvalue weighted by Crippen LogP contribution is -2.22. The highest BCUT2D eigenvalue weighted by molar-refractivity contribution is 7.18. The number of nitrogens with zero attached hydrogens (tertiary/aromatic N) is 4. The number of hydrogen-bond acceptors (Lipinski definition) is 6. The second-order valence-corrected chi connectivity index (χ2v) is 9.39. The van der Waals surface area contributed by atoms with E-state index in [0.717, 1.165) is 52.0 Å². The minimum absolute atomic E-state index is 0.0358. The Morgan fingerprint density at radius 1 is 1.09 bits per heavy atom. The summed E-state index contributed by atoms with van der Waals surface area (Å²) in [4.78, 5) is 22.6. The van der Waals surface area contributed by atoms with E-state index in [9.17, 15) is 4.79 Å². The molecule has 162 valence electrons. The number of hydrazone groups is 1. The standard InChI is InChI=1S/C25H25N5OS/c1-16-7-11-19(12-8-16)30-24(31)22-20-5-4-6-21(20)32-23(22)27-25(30)28-26-15-17-9-13-18(14-10-17)29(2)3/h7-15H,4-6H2,1-3H3,(H,27,28)/b26-15-. The average molecular weight is 444 g/mol. The van der Waals surface area contributed by atoms with Crippen LogP contribution in [0.2, 0.25) is 0 Å². The molecule has 1 N–H and O–H groups in total. The Bertz CT molecular complexity index is 1360. The van der Waals surface area contributed by atoms with Gasteiger partial charge in [-0.05, 0) is 61.6 Å². The zero-order valence-electron chi connectivity index (χ0n) is 18.4. The molecule has 2 heterocycles. The quantitative estimate of drug-likeness (QED) is 0.357. The van der Waals surface area contributed by atoms with Crippen LogP contribution in [-0.4, -0.2) is 29.9 Å². The third kappa shape index (κ3) is 3.69. The molecule has 7 heteroatoms. The Morgan fingerprint density at radius 3 is 2.56 bits per heavy atom. The maximum absolute atomic E-state index is 13.6. The molecule has 1 aliphatic rings. The van der Waals surface area contributed by atoms with E-state index in [0.29, 0.717) is 5.95 Å². The van der Waals surface area contributed by atoms with E-state index >= 15 is 0 Å². The zero-order valence-corrected chi connectivity index (χ0v) is 19.2. The molecule has 1 aliphatic carbocycles. The molecule has 0 radical (unpaired) electrons. The first kappa shape index (κ1) is 20.5. The molecule has 0 aliphatic heterocycles. The highest BCUT2D eigenvalue weighted by atomic mass is 32.1. The van der Waals surface area contributed by atoms with Gasteiger partial charge in [-0.15, -0.1) is 11.3 Å². The van der Waals surface area contributed by atoms with Crippen LogP contribution in [0.5, 0.6) is 0 Å². The maximum atomic E-state index is 13.6. The zero-order chi connectivity index (χ0) is 22.2. The van der Waals surface area contributed by atoms with Gasteiger partial charge >= 0.3 is 0 Å². The van der Waals surface area contributed by atoms with Crippen molar-refractivity contribution in [2.24, 2.45) is 5.10 Å². The third-order valence-electron chi connectivity index (χ3n) is 5.82. The predicted molar refractivity (Wildman–Crippen MR) is 134 cm³/mol. The number of nitrogens with one attached hydrogen (secondary N) is 1. The normalized spacial score (nSPS) is 13.1. The molecule has 0 bridgehead atoms. The second-order valence-electron chi connectivity index (χ2n) is 8.30. The second kappa shape index (κ2) is 8.24. The summed E-state index contributed by atoms with van der Waals surface area (Å²) in [5.41, 5.74) is 8.18. The molecule has 0 amide bonds. The van der Waals surface area contributed by atoms with Gasteiger partial charge in [0.2, 0.25) is 5.95 Å². The Balaban J connectivity index is 1.56. The monoisotopic (exact) mass is 443 g/mol. The SMILES string of the molecule is Cc1ccc(-n2c(N/N=C\c3ccc(N(C)C)cc3)nc3sc4c(c3c2=O)CCC4)cc1. The first-order chi connectivity index (χ1) is 15.5. The summed E-state index contributed by atoms with van der Waals surface area (Å²) < 4.78 is 1.64. The molecular weight excluding hydrogens is 418 g/mol. The van der Waals surface area contributed by atoms with E-state index in [1.54, 1.807) is 22.1 Å². The largest absolute Gasteiger partial charge is 0.378 e. The van der Waals surface area contributed by atoms with Crippen LogP contribution in [0, 0.1) is 6.92 Å². The Hall–Kier alpha value is -3.45. The van der Waals surface area contributed by atoms with E-state index in [1.807, 2.05) is 69.6 Å². The summed E-state index contributed by atoms with van der Waals surface area (Å²) in [6, 6.07) is 16.0. The summed E-state index contributed by atoms with van der Waals surface area (Å²) >= 11 is 1.63. The van der Waals surface area contributed by atoms with Crippen molar-refractivity contribution in [3.63, 3.8) is 0 Å². The van der Waals surface area contributed by atoms with Crippen molar-refractivity contribution in [3.05, 3.63) is 80.5 Å². The fourth-order valence-electron chi connectivity index (χ4n) is 4.07. The molecule has 4 aromatic rings. The fraction of sp³-hybridized carbons (Fsp3) is 0.240. The lowest BCUT2D eigenvalue weighted by molar-refractivity contribution is 0.913. The van der Waals surface area contributed by atoms with Crippen molar-refractivity contribution in [3.8, 4) is 5.69 Å². The molecule has 0 saturated carbocycles. The number of aromatic nitrogens is 2. The number of aryl methyl sites for hydroxylation is 3. The van der Waals surface area contributed by atoms with E-state index in [4.69, 9.17) is 4.98 Å². The van der Waals surface area contributed by atoms with Crippen molar-refractivity contribution in [1.82, 2.24) is 9.55 Å². The van der Waals surface area contributed by atoms with Crippen molar-refractivity contribution >= 4 is 39.4 Å². The molecule has 6 nitrogen and oxygen atoms in total. The third-order valence-corrected chi connectivity index (χ3v) is 7.00. The highest BCUT2D eigenvalue weighted by Gasteiger charge is 2.23. The Morgan fingerprint density at radius 2 is 1.84 bits per heavy atom. The number of fused-ring (bicyclic) bond motifs is 3. The number of rotatable bonds is 5. The molecule has 0 saturated heterocycles. The van der Waals surface area contributed by atoms with E-state index in [-0.39, 0.29) is 5.56 Å². The van der Waals surface area contributed by atoms with Gasteiger partial charge in [-0.1, -0.05) is 29.8 Å².